The molecule has 3 heteroatoms. The summed E-state index contributed by atoms with van der Waals surface area (Å²) < 4.78 is 0. The molecule has 0 saturated carbocycles. The molecule has 1 fully saturated rings. The SMILES string of the molecule is CNC(CCN1CCCCCC1CO)C(C)(C)C. The van der Waals surface area contributed by atoms with Gasteiger partial charge in [0, 0.05) is 18.6 Å². The van der Waals surface area contributed by atoms with Crippen molar-refractivity contribution < 1.29 is 5.11 Å². The fourth-order valence-electron chi connectivity index (χ4n) is 3.04. The van der Waals surface area contributed by atoms with Gasteiger partial charge in [0.2, 0.25) is 0 Å². The lowest BCUT2D eigenvalue weighted by molar-refractivity contribution is 0.113. The number of hydrogen-bond acceptors (Lipinski definition) is 3. The molecule has 2 atom stereocenters. The van der Waals surface area contributed by atoms with Gasteiger partial charge in [-0.1, -0.05) is 33.6 Å². The third-order valence-electron chi connectivity index (χ3n) is 4.31. The van der Waals surface area contributed by atoms with E-state index in [0.717, 1.165) is 25.9 Å². The molecular formula is C15H32N2O. The largest absolute Gasteiger partial charge is 0.395 e. The molecule has 0 aromatic carbocycles. The molecule has 0 aromatic heterocycles. The molecule has 108 valence electrons. The highest BCUT2D eigenvalue weighted by Gasteiger charge is 2.25. The highest BCUT2D eigenvalue weighted by Crippen LogP contribution is 2.23. The second-order valence-electron chi connectivity index (χ2n) is 6.72. The third kappa shape index (κ3) is 4.87. The van der Waals surface area contributed by atoms with Gasteiger partial charge >= 0.3 is 0 Å². The molecule has 0 amide bonds. The van der Waals surface area contributed by atoms with Crippen LogP contribution in [0.3, 0.4) is 0 Å². The Hall–Kier alpha value is -0.120. The van der Waals surface area contributed by atoms with Crippen LogP contribution in [0.1, 0.15) is 52.9 Å². The van der Waals surface area contributed by atoms with Crippen molar-refractivity contribution in [3.8, 4) is 0 Å². The summed E-state index contributed by atoms with van der Waals surface area (Å²) in [5.74, 6) is 0. The maximum absolute atomic E-state index is 9.51. The fraction of sp³-hybridized carbons (Fsp3) is 1.00. The first kappa shape index (κ1) is 15.9. The monoisotopic (exact) mass is 256 g/mol. The van der Waals surface area contributed by atoms with Crippen LogP contribution in [-0.2, 0) is 0 Å². The number of aliphatic hydroxyl groups is 1. The summed E-state index contributed by atoms with van der Waals surface area (Å²) in [6, 6.07) is 0.935. The molecule has 1 rings (SSSR count). The van der Waals surface area contributed by atoms with Gasteiger partial charge in [-0.3, -0.25) is 4.90 Å². The summed E-state index contributed by atoms with van der Waals surface area (Å²) in [6.45, 7) is 9.46. The van der Waals surface area contributed by atoms with Crippen LogP contribution in [0.15, 0.2) is 0 Å². The smallest absolute Gasteiger partial charge is 0.0586 e. The fourth-order valence-corrected chi connectivity index (χ4v) is 3.04. The van der Waals surface area contributed by atoms with Gasteiger partial charge in [0.1, 0.15) is 0 Å². The van der Waals surface area contributed by atoms with Gasteiger partial charge in [0.05, 0.1) is 6.61 Å². The first-order valence-corrected chi connectivity index (χ1v) is 7.51. The van der Waals surface area contributed by atoms with Crippen molar-refractivity contribution in [2.45, 2.75) is 65.0 Å². The molecular weight excluding hydrogens is 224 g/mol. The van der Waals surface area contributed by atoms with Crippen LogP contribution in [-0.4, -0.2) is 48.8 Å². The normalized spacial score (nSPS) is 24.8. The predicted molar refractivity (Wildman–Crippen MR) is 77.8 cm³/mol. The van der Waals surface area contributed by atoms with Crippen molar-refractivity contribution in [1.29, 1.82) is 0 Å². The van der Waals surface area contributed by atoms with E-state index in [4.69, 9.17) is 0 Å². The number of nitrogens with one attached hydrogen (secondary N) is 1. The number of rotatable bonds is 5. The summed E-state index contributed by atoms with van der Waals surface area (Å²) in [5.41, 5.74) is 0.301. The average molecular weight is 256 g/mol. The van der Waals surface area contributed by atoms with Gasteiger partial charge in [-0.15, -0.1) is 0 Å². The van der Waals surface area contributed by atoms with Crippen LogP contribution < -0.4 is 5.32 Å². The summed E-state index contributed by atoms with van der Waals surface area (Å²) in [5, 5.41) is 13.0. The molecule has 0 aliphatic carbocycles. The molecule has 1 aliphatic rings. The summed E-state index contributed by atoms with van der Waals surface area (Å²) in [6.07, 6.45) is 6.21. The lowest BCUT2D eigenvalue weighted by Gasteiger charge is -2.34. The summed E-state index contributed by atoms with van der Waals surface area (Å²) in [4.78, 5) is 2.50. The number of hydrogen-bond donors (Lipinski definition) is 2. The van der Waals surface area contributed by atoms with Crippen molar-refractivity contribution in [1.82, 2.24) is 10.2 Å². The van der Waals surface area contributed by atoms with Crippen LogP contribution in [0.25, 0.3) is 0 Å². The summed E-state index contributed by atoms with van der Waals surface area (Å²) >= 11 is 0. The van der Waals surface area contributed by atoms with Crippen molar-refractivity contribution >= 4 is 0 Å². The second kappa shape index (κ2) is 7.46. The van der Waals surface area contributed by atoms with Crippen LogP contribution in [0, 0.1) is 5.41 Å². The topological polar surface area (TPSA) is 35.5 Å². The molecule has 0 aromatic rings. The van der Waals surface area contributed by atoms with Crippen LogP contribution >= 0.6 is 0 Å². The molecule has 0 spiro atoms. The van der Waals surface area contributed by atoms with Gasteiger partial charge in [-0.25, -0.2) is 0 Å². The van der Waals surface area contributed by atoms with E-state index in [1.54, 1.807) is 0 Å². The Labute approximate surface area is 113 Å². The van der Waals surface area contributed by atoms with Gasteiger partial charge in [-0.05, 0) is 38.3 Å². The first-order valence-electron chi connectivity index (χ1n) is 7.51. The highest BCUT2D eigenvalue weighted by molar-refractivity contribution is 4.82. The second-order valence-corrected chi connectivity index (χ2v) is 6.72. The zero-order chi connectivity index (χ0) is 13.6. The Morgan fingerprint density at radius 3 is 2.56 bits per heavy atom. The minimum atomic E-state index is 0.301. The van der Waals surface area contributed by atoms with E-state index in [1.165, 1.54) is 19.3 Å². The molecule has 18 heavy (non-hydrogen) atoms. The Morgan fingerprint density at radius 2 is 2.00 bits per heavy atom. The van der Waals surface area contributed by atoms with E-state index in [0.29, 0.717) is 24.1 Å². The molecule has 1 aliphatic heterocycles. The van der Waals surface area contributed by atoms with Gasteiger partial charge in [0.25, 0.3) is 0 Å². The minimum Gasteiger partial charge on any atom is -0.395 e. The third-order valence-corrected chi connectivity index (χ3v) is 4.31. The van der Waals surface area contributed by atoms with Gasteiger partial charge < -0.3 is 10.4 Å². The van der Waals surface area contributed by atoms with Gasteiger partial charge in [-0.2, -0.15) is 0 Å². The Bertz CT molecular complexity index is 225. The summed E-state index contributed by atoms with van der Waals surface area (Å²) in [7, 11) is 2.06. The Balaban J connectivity index is 2.48. The molecule has 0 radical (unpaired) electrons. The highest BCUT2D eigenvalue weighted by atomic mass is 16.3. The van der Waals surface area contributed by atoms with Crippen molar-refractivity contribution in [2.24, 2.45) is 5.41 Å². The van der Waals surface area contributed by atoms with E-state index in [9.17, 15) is 5.11 Å². The maximum atomic E-state index is 9.51. The van der Waals surface area contributed by atoms with Crippen molar-refractivity contribution in [3.05, 3.63) is 0 Å². The Morgan fingerprint density at radius 1 is 1.28 bits per heavy atom. The van der Waals surface area contributed by atoms with Gasteiger partial charge in [0.15, 0.2) is 0 Å². The molecule has 1 heterocycles. The van der Waals surface area contributed by atoms with E-state index < -0.39 is 0 Å². The van der Waals surface area contributed by atoms with Crippen molar-refractivity contribution in [2.75, 3.05) is 26.7 Å². The molecule has 3 nitrogen and oxygen atoms in total. The minimum absolute atomic E-state index is 0.301. The maximum Gasteiger partial charge on any atom is 0.0586 e. The van der Waals surface area contributed by atoms with Crippen molar-refractivity contribution in [3.63, 3.8) is 0 Å². The van der Waals surface area contributed by atoms with Crippen LogP contribution in [0.4, 0.5) is 0 Å². The number of likely N-dealkylation sites (tertiary alicyclic amines) is 1. The quantitative estimate of drug-likeness (QED) is 0.792. The lowest BCUT2D eigenvalue weighted by atomic mass is 9.84. The van der Waals surface area contributed by atoms with E-state index >= 15 is 0 Å². The first-order chi connectivity index (χ1) is 8.49. The molecule has 1 saturated heterocycles. The zero-order valence-electron chi connectivity index (χ0n) is 12.7. The zero-order valence-corrected chi connectivity index (χ0v) is 12.7. The van der Waals surface area contributed by atoms with E-state index in [2.05, 4.69) is 38.0 Å². The van der Waals surface area contributed by atoms with E-state index in [1.807, 2.05) is 0 Å². The predicted octanol–water partition coefficient (Wildman–Crippen LogP) is 2.25. The van der Waals surface area contributed by atoms with Crippen LogP contribution in [0.5, 0.6) is 0 Å². The number of nitrogens with zero attached hydrogens (tertiary/aromatic N) is 1. The Kier molecular flexibility index (Phi) is 6.61. The molecule has 2 unspecified atom stereocenters. The standard InChI is InChI=1S/C15H32N2O/c1-15(2,3)14(16-4)9-11-17-10-7-5-6-8-13(17)12-18/h13-14,16,18H,5-12H2,1-4H3. The lowest BCUT2D eigenvalue weighted by Crippen LogP contribution is -2.44. The molecule has 2 N–H and O–H groups in total. The average Bonchev–Trinajstić information content (AvgIpc) is 2.53. The molecule has 0 bridgehead atoms. The van der Waals surface area contributed by atoms with Crippen LogP contribution in [0.2, 0.25) is 0 Å². The van der Waals surface area contributed by atoms with E-state index in [-0.39, 0.29) is 0 Å². The number of aliphatic hydroxyl groups excluding tert-OH is 1.